The normalized spacial score (nSPS) is 13.2. The molecule has 0 aliphatic carbocycles. The third kappa shape index (κ3) is 7.26. The third-order valence-corrected chi connectivity index (χ3v) is 3.64. The summed E-state index contributed by atoms with van der Waals surface area (Å²) in [7, 11) is 0. The first-order valence-corrected chi connectivity index (χ1v) is 8.22. The SMILES string of the molecule is CC(C)C[C@@H](NC(=O)CCC(=O)N[C@H](C)c1ccccc1)C(N)=O. The molecule has 3 amide bonds. The molecule has 2 atom stereocenters. The van der Waals surface area contributed by atoms with Gasteiger partial charge in [-0.3, -0.25) is 14.4 Å². The fourth-order valence-corrected chi connectivity index (χ4v) is 2.35. The standard InChI is InChI=1S/C18H27N3O3/c1-12(2)11-15(18(19)24)21-17(23)10-9-16(22)20-13(3)14-7-5-4-6-8-14/h4-8,12-13,15H,9-11H2,1-3H3,(H2,19,24)(H,20,22)(H,21,23)/t13-,15-/m1/s1. The van der Waals surface area contributed by atoms with Gasteiger partial charge in [-0.1, -0.05) is 44.2 Å². The van der Waals surface area contributed by atoms with Crippen LogP contribution in [-0.2, 0) is 14.4 Å². The summed E-state index contributed by atoms with van der Waals surface area (Å²) in [5.74, 6) is -0.875. The lowest BCUT2D eigenvalue weighted by Crippen LogP contribution is -2.45. The van der Waals surface area contributed by atoms with Gasteiger partial charge in [0.2, 0.25) is 17.7 Å². The van der Waals surface area contributed by atoms with E-state index in [-0.39, 0.29) is 36.6 Å². The Morgan fingerprint density at radius 1 is 0.958 bits per heavy atom. The molecule has 0 aliphatic rings. The van der Waals surface area contributed by atoms with Crippen LogP contribution in [0.25, 0.3) is 0 Å². The molecular weight excluding hydrogens is 306 g/mol. The maximum Gasteiger partial charge on any atom is 0.240 e. The fourth-order valence-electron chi connectivity index (χ4n) is 2.35. The topological polar surface area (TPSA) is 101 Å². The Morgan fingerprint density at radius 3 is 2.00 bits per heavy atom. The number of primary amides is 1. The van der Waals surface area contributed by atoms with E-state index in [0.29, 0.717) is 6.42 Å². The lowest BCUT2D eigenvalue weighted by molar-refractivity contribution is -0.129. The lowest BCUT2D eigenvalue weighted by atomic mass is 10.0. The molecule has 0 fully saturated rings. The van der Waals surface area contributed by atoms with Crippen molar-refractivity contribution >= 4 is 17.7 Å². The maximum absolute atomic E-state index is 11.9. The van der Waals surface area contributed by atoms with Gasteiger partial charge in [-0.15, -0.1) is 0 Å². The molecule has 1 rings (SSSR count). The number of nitrogens with two attached hydrogens (primary N) is 1. The zero-order valence-corrected chi connectivity index (χ0v) is 14.5. The predicted octanol–water partition coefficient (Wildman–Crippen LogP) is 1.66. The Balaban J connectivity index is 2.40. The number of carbonyl (C=O) groups is 3. The van der Waals surface area contributed by atoms with E-state index in [1.54, 1.807) is 0 Å². The molecule has 0 bridgehead atoms. The van der Waals surface area contributed by atoms with Crippen molar-refractivity contribution in [2.75, 3.05) is 0 Å². The Kier molecular flexibility index (Phi) is 7.95. The van der Waals surface area contributed by atoms with E-state index in [1.165, 1.54) is 0 Å². The molecular formula is C18H27N3O3. The van der Waals surface area contributed by atoms with Crippen molar-refractivity contribution in [3.63, 3.8) is 0 Å². The predicted molar refractivity (Wildman–Crippen MR) is 92.8 cm³/mol. The Morgan fingerprint density at radius 2 is 1.50 bits per heavy atom. The van der Waals surface area contributed by atoms with Crippen LogP contribution in [0.3, 0.4) is 0 Å². The van der Waals surface area contributed by atoms with Gasteiger partial charge in [0, 0.05) is 12.8 Å². The van der Waals surface area contributed by atoms with Gasteiger partial charge in [0.1, 0.15) is 6.04 Å². The molecule has 1 aromatic carbocycles. The third-order valence-electron chi connectivity index (χ3n) is 3.64. The number of benzene rings is 1. The van der Waals surface area contributed by atoms with Crippen molar-refractivity contribution < 1.29 is 14.4 Å². The first-order chi connectivity index (χ1) is 11.3. The fraction of sp³-hybridized carbons (Fsp3) is 0.500. The zero-order valence-electron chi connectivity index (χ0n) is 14.5. The number of hydrogen-bond acceptors (Lipinski definition) is 3. The molecule has 1 aromatic rings. The summed E-state index contributed by atoms with van der Waals surface area (Å²) in [6.45, 7) is 5.78. The first kappa shape index (κ1) is 19.7. The summed E-state index contributed by atoms with van der Waals surface area (Å²) >= 11 is 0. The molecule has 0 spiro atoms. The van der Waals surface area contributed by atoms with E-state index in [9.17, 15) is 14.4 Å². The average molecular weight is 333 g/mol. The number of rotatable bonds is 9. The highest BCUT2D eigenvalue weighted by Gasteiger charge is 2.19. The summed E-state index contributed by atoms with van der Waals surface area (Å²) in [5.41, 5.74) is 6.29. The summed E-state index contributed by atoms with van der Waals surface area (Å²) in [5, 5.41) is 5.44. The maximum atomic E-state index is 11.9. The summed E-state index contributed by atoms with van der Waals surface area (Å²) in [6, 6.07) is 8.77. The van der Waals surface area contributed by atoms with E-state index in [4.69, 9.17) is 5.73 Å². The largest absolute Gasteiger partial charge is 0.368 e. The van der Waals surface area contributed by atoms with Gasteiger partial charge in [0.05, 0.1) is 6.04 Å². The van der Waals surface area contributed by atoms with Gasteiger partial charge in [0.25, 0.3) is 0 Å². The molecule has 24 heavy (non-hydrogen) atoms. The molecule has 0 unspecified atom stereocenters. The van der Waals surface area contributed by atoms with Crippen LogP contribution >= 0.6 is 0 Å². The second-order valence-electron chi connectivity index (χ2n) is 6.35. The van der Waals surface area contributed by atoms with Crippen LogP contribution < -0.4 is 16.4 Å². The van der Waals surface area contributed by atoms with Crippen molar-refractivity contribution in [1.82, 2.24) is 10.6 Å². The van der Waals surface area contributed by atoms with Gasteiger partial charge < -0.3 is 16.4 Å². The Labute approximate surface area is 143 Å². The highest BCUT2D eigenvalue weighted by atomic mass is 16.2. The minimum Gasteiger partial charge on any atom is -0.368 e. The molecule has 0 heterocycles. The van der Waals surface area contributed by atoms with E-state index in [2.05, 4.69) is 10.6 Å². The van der Waals surface area contributed by atoms with E-state index < -0.39 is 11.9 Å². The number of amides is 3. The molecule has 0 aromatic heterocycles. The van der Waals surface area contributed by atoms with Crippen LogP contribution in [0.5, 0.6) is 0 Å². The van der Waals surface area contributed by atoms with Gasteiger partial charge in [-0.2, -0.15) is 0 Å². The van der Waals surface area contributed by atoms with Crippen LogP contribution in [0.15, 0.2) is 30.3 Å². The summed E-state index contributed by atoms with van der Waals surface area (Å²) in [6.07, 6.45) is 0.573. The minimum absolute atomic E-state index is 0.0230. The number of nitrogens with one attached hydrogen (secondary N) is 2. The molecule has 6 nitrogen and oxygen atoms in total. The summed E-state index contributed by atoms with van der Waals surface area (Å²) < 4.78 is 0. The highest BCUT2D eigenvalue weighted by molar-refractivity contribution is 5.88. The van der Waals surface area contributed by atoms with Crippen molar-refractivity contribution in [3.05, 3.63) is 35.9 Å². The monoisotopic (exact) mass is 333 g/mol. The van der Waals surface area contributed by atoms with Crippen molar-refractivity contribution in [3.8, 4) is 0 Å². The van der Waals surface area contributed by atoms with Gasteiger partial charge >= 0.3 is 0 Å². The smallest absolute Gasteiger partial charge is 0.240 e. The van der Waals surface area contributed by atoms with Crippen LogP contribution in [0.1, 0.15) is 51.6 Å². The first-order valence-electron chi connectivity index (χ1n) is 8.22. The van der Waals surface area contributed by atoms with Crippen LogP contribution in [0, 0.1) is 5.92 Å². The van der Waals surface area contributed by atoms with Crippen molar-refractivity contribution in [2.45, 2.75) is 52.1 Å². The van der Waals surface area contributed by atoms with Gasteiger partial charge in [0.15, 0.2) is 0 Å². The van der Waals surface area contributed by atoms with Crippen LogP contribution in [0.2, 0.25) is 0 Å². The average Bonchev–Trinajstić information content (AvgIpc) is 2.52. The van der Waals surface area contributed by atoms with E-state index >= 15 is 0 Å². The molecule has 6 heteroatoms. The zero-order chi connectivity index (χ0) is 18.1. The Bertz CT molecular complexity index is 558. The van der Waals surface area contributed by atoms with Gasteiger partial charge in [-0.25, -0.2) is 0 Å². The second-order valence-corrected chi connectivity index (χ2v) is 6.35. The lowest BCUT2D eigenvalue weighted by Gasteiger charge is -2.18. The minimum atomic E-state index is -0.691. The van der Waals surface area contributed by atoms with Crippen LogP contribution in [0.4, 0.5) is 0 Å². The number of hydrogen-bond donors (Lipinski definition) is 3. The van der Waals surface area contributed by atoms with Crippen molar-refractivity contribution in [1.29, 1.82) is 0 Å². The van der Waals surface area contributed by atoms with Crippen molar-refractivity contribution in [2.24, 2.45) is 11.7 Å². The van der Waals surface area contributed by atoms with Gasteiger partial charge in [-0.05, 0) is 24.8 Å². The highest BCUT2D eigenvalue weighted by Crippen LogP contribution is 2.11. The molecule has 0 saturated carbocycles. The second kappa shape index (κ2) is 9.70. The summed E-state index contributed by atoms with van der Waals surface area (Å²) in [4.78, 5) is 35.2. The number of carbonyl (C=O) groups excluding carboxylic acids is 3. The van der Waals surface area contributed by atoms with Crippen LogP contribution in [-0.4, -0.2) is 23.8 Å². The quantitative estimate of drug-likeness (QED) is 0.640. The molecule has 0 radical (unpaired) electrons. The molecule has 132 valence electrons. The molecule has 0 aliphatic heterocycles. The molecule has 4 N–H and O–H groups in total. The Hall–Kier alpha value is -2.37. The molecule has 0 saturated heterocycles. The van der Waals surface area contributed by atoms with E-state index in [0.717, 1.165) is 5.56 Å². The van der Waals surface area contributed by atoms with E-state index in [1.807, 2.05) is 51.1 Å².